The quantitative estimate of drug-likeness (QED) is 0.530. The van der Waals surface area contributed by atoms with E-state index in [1.165, 1.54) is 13.0 Å². The van der Waals surface area contributed by atoms with Crippen molar-refractivity contribution in [1.82, 2.24) is 4.90 Å². The summed E-state index contributed by atoms with van der Waals surface area (Å²) in [6.45, 7) is 4.58. The fourth-order valence-corrected chi connectivity index (χ4v) is 2.40. The highest BCUT2D eigenvalue weighted by Crippen LogP contribution is 2.32. The number of hydrogen-bond acceptors (Lipinski definition) is 2. The molecule has 2 heterocycles. The van der Waals surface area contributed by atoms with Gasteiger partial charge in [-0.25, -0.2) is 0 Å². The maximum Gasteiger partial charge on any atom is 0.0710 e. The molecule has 0 aromatic carbocycles. The third-order valence-electron chi connectivity index (χ3n) is 2.98. The van der Waals surface area contributed by atoms with Crippen LogP contribution in [0.3, 0.4) is 0 Å². The van der Waals surface area contributed by atoms with E-state index in [4.69, 9.17) is 0 Å². The summed E-state index contributed by atoms with van der Waals surface area (Å²) in [5.74, 6) is 0.720. The maximum atomic E-state index is 9.53. The number of aliphatic hydroxyl groups excluding tert-OH is 1. The summed E-state index contributed by atoms with van der Waals surface area (Å²) in [6.07, 6.45) is 2.24. The molecule has 2 fully saturated rings. The second kappa shape index (κ2) is 2.21. The molecule has 0 bridgehead atoms. The molecule has 0 spiro atoms. The largest absolute Gasteiger partial charge is 0.391 e. The average molecular weight is 141 g/mol. The molecule has 2 saturated heterocycles. The van der Waals surface area contributed by atoms with Crippen LogP contribution in [0.4, 0.5) is 0 Å². The van der Waals surface area contributed by atoms with E-state index in [1.54, 1.807) is 0 Å². The molecule has 0 radical (unpaired) electrons. The van der Waals surface area contributed by atoms with E-state index in [1.807, 2.05) is 0 Å². The Morgan fingerprint density at radius 2 is 2.00 bits per heavy atom. The van der Waals surface area contributed by atoms with Gasteiger partial charge in [-0.3, -0.25) is 4.90 Å². The summed E-state index contributed by atoms with van der Waals surface area (Å²) >= 11 is 0. The van der Waals surface area contributed by atoms with Crippen LogP contribution in [-0.4, -0.2) is 35.2 Å². The molecular weight excluding hydrogens is 126 g/mol. The molecule has 2 aliphatic rings. The molecule has 3 unspecified atom stereocenters. The van der Waals surface area contributed by atoms with Crippen molar-refractivity contribution >= 4 is 0 Å². The Hall–Kier alpha value is -0.0800. The predicted octanol–water partition coefficient (Wildman–Crippen LogP) is 0.461. The van der Waals surface area contributed by atoms with Gasteiger partial charge in [0.15, 0.2) is 0 Å². The summed E-state index contributed by atoms with van der Waals surface area (Å²) < 4.78 is 0. The van der Waals surface area contributed by atoms with Gasteiger partial charge in [-0.1, -0.05) is 6.92 Å². The first kappa shape index (κ1) is 6.62. The van der Waals surface area contributed by atoms with E-state index in [9.17, 15) is 5.11 Å². The van der Waals surface area contributed by atoms with Gasteiger partial charge >= 0.3 is 0 Å². The summed E-state index contributed by atoms with van der Waals surface area (Å²) in [4.78, 5) is 2.43. The summed E-state index contributed by atoms with van der Waals surface area (Å²) in [6, 6.07) is 0.500. The number of fused-ring (bicyclic) bond motifs is 1. The third-order valence-corrected chi connectivity index (χ3v) is 2.98. The van der Waals surface area contributed by atoms with Gasteiger partial charge in [0, 0.05) is 12.6 Å². The Morgan fingerprint density at radius 3 is 2.70 bits per heavy atom. The van der Waals surface area contributed by atoms with Crippen LogP contribution in [0.15, 0.2) is 0 Å². The highest BCUT2D eigenvalue weighted by atomic mass is 16.3. The minimum absolute atomic E-state index is 0.0301. The van der Waals surface area contributed by atoms with Gasteiger partial charge in [0.05, 0.1) is 6.10 Å². The monoisotopic (exact) mass is 141 g/mol. The molecule has 0 aliphatic carbocycles. The molecule has 1 N–H and O–H groups in total. The second-order valence-corrected chi connectivity index (χ2v) is 3.65. The van der Waals surface area contributed by atoms with E-state index >= 15 is 0 Å². The first-order valence-corrected chi connectivity index (χ1v) is 4.21. The Labute approximate surface area is 61.8 Å². The summed E-state index contributed by atoms with van der Waals surface area (Å²) in [5, 5.41) is 9.53. The Bertz CT molecular complexity index is 123. The van der Waals surface area contributed by atoms with Crippen LogP contribution in [0.5, 0.6) is 0 Å². The predicted molar refractivity (Wildman–Crippen MR) is 39.8 cm³/mol. The fourth-order valence-electron chi connectivity index (χ4n) is 2.40. The van der Waals surface area contributed by atoms with E-state index in [0.717, 1.165) is 18.9 Å². The number of nitrogens with zero attached hydrogens (tertiary/aromatic N) is 1. The van der Waals surface area contributed by atoms with E-state index in [2.05, 4.69) is 11.8 Å². The van der Waals surface area contributed by atoms with Crippen molar-refractivity contribution in [2.24, 2.45) is 5.92 Å². The number of hydrogen-bond donors (Lipinski definition) is 1. The van der Waals surface area contributed by atoms with Gasteiger partial charge in [0.25, 0.3) is 0 Å². The van der Waals surface area contributed by atoms with Crippen LogP contribution in [0.25, 0.3) is 0 Å². The van der Waals surface area contributed by atoms with Gasteiger partial charge in [-0.05, 0) is 25.3 Å². The van der Waals surface area contributed by atoms with Crippen molar-refractivity contribution in [3.8, 4) is 0 Å². The van der Waals surface area contributed by atoms with Crippen molar-refractivity contribution in [1.29, 1.82) is 0 Å². The normalized spacial score (nSPS) is 48.0. The Balaban J connectivity index is 2.11. The lowest BCUT2D eigenvalue weighted by Gasteiger charge is -2.19. The molecule has 0 saturated carbocycles. The Morgan fingerprint density at radius 1 is 1.30 bits per heavy atom. The first-order valence-electron chi connectivity index (χ1n) is 4.21. The zero-order valence-corrected chi connectivity index (χ0v) is 6.45. The lowest BCUT2D eigenvalue weighted by Crippen LogP contribution is -2.32. The molecule has 2 aliphatic heterocycles. The average Bonchev–Trinajstić information content (AvgIpc) is 2.40. The molecule has 0 amide bonds. The molecule has 0 aromatic heterocycles. The summed E-state index contributed by atoms with van der Waals surface area (Å²) in [5.41, 5.74) is 0. The van der Waals surface area contributed by atoms with Gasteiger partial charge in [0.1, 0.15) is 0 Å². The fraction of sp³-hybridized carbons (Fsp3) is 1.00. The smallest absolute Gasteiger partial charge is 0.0710 e. The maximum absolute atomic E-state index is 9.53. The van der Waals surface area contributed by atoms with Gasteiger partial charge < -0.3 is 5.11 Å². The van der Waals surface area contributed by atoms with Crippen LogP contribution in [0, 0.1) is 5.92 Å². The van der Waals surface area contributed by atoms with Crippen LogP contribution in [-0.2, 0) is 0 Å². The molecule has 2 nitrogen and oxygen atoms in total. The zero-order valence-electron chi connectivity index (χ0n) is 6.45. The number of rotatable bonds is 0. The minimum atomic E-state index is -0.0301. The molecule has 2 heteroatoms. The van der Waals surface area contributed by atoms with Crippen molar-refractivity contribution in [3.05, 3.63) is 0 Å². The molecule has 3 atom stereocenters. The molecule has 58 valence electrons. The highest BCUT2D eigenvalue weighted by Gasteiger charge is 2.40. The first-order chi connectivity index (χ1) is 4.79. The van der Waals surface area contributed by atoms with Gasteiger partial charge in [-0.15, -0.1) is 0 Å². The lowest BCUT2D eigenvalue weighted by molar-refractivity contribution is 0.117. The van der Waals surface area contributed by atoms with E-state index in [-0.39, 0.29) is 6.10 Å². The molecule has 2 rings (SSSR count). The van der Waals surface area contributed by atoms with Crippen molar-refractivity contribution < 1.29 is 5.11 Å². The molecule has 0 aromatic rings. The topological polar surface area (TPSA) is 23.5 Å². The van der Waals surface area contributed by atoms with Gasteiger partial charge in [0.2, 0.25) is 0 Å². The van der Waals surface area contributed by atoms with E-state index < -0.39 is 0 Å². The van der Waals surface area contributed by atoms with Gasteiger partial charge in [-0.2, -0.15) is 0 Å². The highest BCUT2D eigenvalue weighted by molar-refractivity contribution is 4.94. The minimum Gasteiger partial charge on any atom is -0.391 e. The standard InChI is InChI=1S/C8H15NO/c1-6-2-4-9-5-3-7(10)8(6)9/h6-8,10H,2-5H2,1H3. The van der Waals surface area contributed by atoms with E-state index in [0.29, 0.717) is 6.04 Å². The number of aliphatic hydroxyl groups is 1. The van der Waals surface area contributed by atoms with Crippen molar-refractivity contribution in [3.63, 3.8) is 0 Å². The second-order valence-electron chi connectivity index (χ2n) is 3.65. The van der Waals surface area contributed by atoms with Crippen LogP contribution in [0.2, 0.25) is 0 Å². The molecular formula is C8H15NO. The van der Waals surface area contributed by atoms with Crippen LogP contribution in [0.1, 0.15) is 19.8 Å². The third kappa shape index (κ3) is 0.789. The van der Waals surface area contributed by atoms with Crippen LogP contribution < -0.4 is 0 Å². The van der Waals surface area contributed by atoms with Crippen molar-refractivity contribution in [2.75, 3.05) is 13.1 Å². The SMILES string of the molecule is CC1CCN2CCC(O)C12. The lowest BCUT2D eigenvalue weighted by atomic mass is 9.99. The van der Waals surface area contributed by atoms with Crippen LogP contribution >= 0.6 is 0 Å². The molecule has 10 heavy (non-hydrogen) atoms. The Kier molecular flexibility index (Phi) is 1.46. The summed E-state index contributed by atoms with van der Waals surface area (Å²) in [7, 11) is 0. The zero-order chi connectivity index (χ0) is 7.14. The van der Waals surface area contributed by atoms with Crippen molar-refractivity contribution in [2.45, 2.75) is 31.9 Å².